The molecule has 0 bridgehead atoms. The van der Waals surface area contributed by atoms with Crippen LogP contribution in [0.15, 0.2) is 42.7 Å². The second-order valence-corrected chi connectivity index (χ2v) is 9.46. The number of pyridine rings is 1. The van der Waals surface area contributed by atoms with Crippen LogP contribution in [0, 0.1) is 5.92 Å². The van der Waals surface area contributed by atoms with E-state index in [-0.39, 0.29) is 11.8 Å². The maximum atomic E-state index is 12.8. The van der Waals surface area contributed by atoms with E-state index < -0.39 is 0 Å². The fourth-order valence-electron chi connectivity index (χ4n) is 4.30. The summed E-state index contributed by atoms with van der Waals surface area (Å²) in [4.78, 5) is 33.9. The molecule has 1 aromatic heterocycles. The molecule has 2 heterocycles. The minimum absolute atomic E-state index is 0.0455. The lowest BCUT2D eigenvalue weighted by Crippen LogP contribution is -2.33. The molecule has 0 unspecified atom stereocenters. The van der Waals surface area contributed by atoms with E-state index >= 15 is 0 Å². The molecule has 33 heavy (non-hydrogen) atoms. The van der Waals surface area contributed by atoms with Crippen LogP contribution in [0.3, 0.4) is 0 Å². The molecule has 2 aromatic rings. The lowest BCUT2D eigenvalue weighted by molar-refractivity contribution is -0.116. The summed E-state index contributed by atoms with van der Waals surface area (Å²) >= 11 is 0. The summed E-state index contributed by atoms with van der Waals surface area (Å²) in [6.07, 6.45) is 9.34. The van der Waals surface area contributed by atoms with Gasteiger partial charge in [0.25, 0.3) is 5.91 Å². The minimum atomic E-state index is -0.0641. The number of hydrogen-bond donors (Lipinski definition) is 1. The van der Waals surface area contributed by atoms with E-state index in [1.54, 1.807) is 13.1 Å². The average molecular weight is 451 g/mol. The van der Waals surface area contributed by atoms with Gasteiger partial charge in [-0.1, -0.05) is 39.2 Å². The summed E-state index contributed by atoms with van der Waals surface area (Å²) in [6.45, 7) is 9.59. The lowest BCUT2D eigenvalue weighted by Gasteiger charge is -2.29. The van der Waals surface area contributed by atoms with Crippen molar-refractivity contribution < 1.29 is 9.59 Å². The van der Waals surface area contributed by atoms with Crippen LogP contribution in [0.25, 0.3) is 0 Å². The Bertz CT molecular complexity index is 914. The van der Waals surface area contributed by atoms with Crippen molar-refractivity contribution in [2.24, 2.45) is 5.92 Å². The molecular formula is C27H38N4O2. The van der Waals surface area contributed by atoms with E-state index in [1.807, 2.05) is 35.4 Å². The predicted octanol–water partition coefficient (Wildman–Crippen LogP) is 4.79. The van der Waals surface area contributed by atoms with Gasteiger partial charge in [-0.05, 0) is 60.7 Å². The maximum absolute atomic E-state index is 12.8. The highest BCUT2D eigenvalue weighted by atomic mass is 16.2. The average Bonchev–Trinajstić information content (AvgIpc) is 2.79. The molecule has 1 aliphatic heterocycles. The molecule has 1 aliphatic rings. The molecule has 178 valence electrons. The molecule has 0 spiro atoms. The molecule has 0 saturated carbocycles. The second-order valence-electron chi connectivity index (χ2n) is 9.46. The fraction of sp³-hybridized carbons (Fsp3) is 0.519. The molecule has 6 heteroatoms. The molecule has 0 atom stereocenters. The van der Waals surface area contributed by atoms with Gasteiger partial charge in [-0.2, -0.15) is 0 Å². The van der Waals surface area contributed by atoms with Crippen molar-refractivity contribution in [2.45, 2.75) is 66.0 Å². The zero-order valence-corrected chi connectivity index (χ0v) is 20.3. The Labute approximate surface area is 198 Å². The number of fused-ring (bicyclic) bond motifs is 1. The topological polar surface area (TPSA) is 65.5 Å². The van der Waals surface area contributed by atoms with Gasteiger partial charge in [-0.3, -0.25) is 19.5 Å². The molecular weight excluding hydrogens is 412 g/mol. The van der Waals surface area contributed by atoms with Crippen molar-refractivity contribution in [3.05, 3.63) is 59.4 Å². The number of nitrogens with zero attached hydrogens (tertiary/aromatic N) is 3. The Morgan fingerprint density at radius 1 is 1.06 bits per heavy atom. The Morgan fingerprint density at radius 2 is 1.82 bits per heavy atom. The summed E-state index contributed by atoms with van der Waals surface area (Å²) in [7, 11) is 0. The van der Waals surface area contributed by atoms with Gasteiger partial charge in [0.1, 0.15) is 0 Å². The van der Waals surface area contributed by atoms with E-state index in [4.69, 9.17) is 0 Å². The lowest BCUT2D eigenvalue weighted by atomic mass is 10.0. The molecule has 0 saturated heterocycles. The van der Waals surface area contributed by atoms with Crippen LogP contribution >= 0.6 is 0 Å². The molecule has 1 N–H and O–H groups in total. The first-order valence-electron chi connectivity index (χ1n) is 12.2. The number of amides is 2. The van der Waals surface area contributed by atoms with Crippen LogP contribution in [0.5, 0.6) is 0 Å². The SMILES string of the molecule is CC(=O)N1CCCCCCCN(Cc2cccnc2)Cc2cc(C(=O)NCC(C)C)ccc21. The number of benzene rings is 1. The zero-order chi connectivity index (χ0) is 23.6. The van der Waals surface area contributed by atoms with E-state index in [1.165, 1.54) is 18.4 Å². The highest BCUT2D eigenvalue weighted by Gasteiger charge is 2.20. The minimum Gasteiger partial charge on any atom is -0.352 e. The highest BCUT2D eigenvalue weighted by molar-refractivity contribution is 5.97. The number of nitrogens with one attached hydrogen (secondary N) is 1. The predicted molar refractivity (Wildman–Crippen MR) is 133 cm³/mol. The first kappa shape index (κ1) is 24.9. The first-order chi connectivity index (χ1) is 15.9. The molecule has 0 aliphatic carbocycles. The fourth-order valence-corrected chi connectivity index (χ4v) is 4.30. The second kappa shape index (κ2) is 12.5. The van der Waals surface area contributed by atoms with Gasteiger partial charge in [0.05, 0.1) is 0 Å². The Balaban J connectivity index is 1.94. The Hall–Kier alpha value is -2.73. The standard InChI is InChI=1S/C27H38N4O2/c1-21(2)17-29-27(33)24-11-12-26-25(16-24)20-30(19-23-10-9-13-28-18-23)14-7-5-4-6-8-15-31(26)22(3)32/h9-13,16,18,21H,4-8,14-15,17,19-20H2,1-3H3,(H,29,33). The Morgan fingerprint density at radius 3 is 2.52 bits per heavy atom. The summed E-state index contributed by atoms with van der Waals surface area (Å²) in [5.41, 5.74) is 3.75. The van der Waals surface area contributed by atoms with E-state index in [9.17, 15) is 9.59 Å². The van der Waals surface area contributed by atoms with Crippen LogP contribution in [0.4, 0.5) is 5.69 Å². The maximum Gasteiger partial charge on any atom is 0.251 e. The summed E-state index contributed by atoms with van der Waals surface area (Å²) in [6, 6.07) is 9.84. The van der Waals surface area contributed by atoms with Gasteiger partial charge in [0.2, 0.25) is 5.91 Å². The number of rotatable bonds is 5. The van der Waals surface area contributed by atoms with Gasteiger partial charge in [0, 0.05) is 56.7 Å². The number of hydrogen-bond acceptors (Lipinski definition) is 4. The summed E-state index contributed by atoms with van der Waals surface area (Å²) < 4.78 is 0. The highest BCUT2D eigenvalue weighted by Crippen LogP contribution is 2.26. The van der Waals surface area contributed by atoms with Crippen molar-refractivity contribution in [3.8, 4) is 0 Å². The number of carbonyl (C=O) groups excluding carboxylic acids is 2. The van der Waals surface area contributed by atoms with Crippen molar-refractivity contribution in [1.29, 1.82) is 0 Å². The normalized spacial score (nSPS) is 15.9. The van der Waals surface area contributed by atoms with E-state index in [0.717, 1.165) is 43.6 Å². The first-order valence-corrected chi connectivity index (χ1v) is 12.2. The van der Waals surface area contributed by atoms with Crippen molar-refractivity contribution >= 4 is 17.5 Å². The van der Waals surface area contributed by atoms with Gasteiger partial charge in [-0.25, -0.2) is 0 Å². The van der Waals surface area contributed by atoms with Crippen LogP contribution in [-0.2, 0) is 17.9 Å². The number of anilines is 1. The summed E-state index contributed by atoms with van der Waals surface area (Å²) in [5.74, 6) is 0.372. The van der Waals surface area contributed by atoms with E-state index in [0.29, 0.717) is 31.1 Å². The zero-order valence-electron chi connectivity index (χ0n) is 20.3. The van der Waals surface area contributed by atoms with Crippen LogP contribution in [-0.4, -0.2) is 41.3 Å². The molecule has 3 rings (SSSR count). The number of carbonyl (C=O) groups is 2. The molecule has 0 radical (unpaired) electrons. The molecule has 1 aromatic carbocycles. The summed E-state index contributed by atoms with van der Waals surface area (Å²) in [5, 5.41) is 3.02. The van der Waals surface area contributed by atoms with Crippen molar-refractivity contribution in [3.63, 3.8) is 0 Å². The molecule has 6 nitrogen and oxygen atoms in total. The largest absolute Gasteiger partial charge is 0.352 e. The van der Waals surface area contributed by atoms with Crippen LogP contribution in [0.1, 0.15) is 74.4 Å². The Kier molecular flexibility index (Phi) is 9.43. The monoisotopic (exact) mass is 450 g/mol. The van der Waals surface area contributed by atoms with Gasteiger partial charge in [-0.15, -0.1) is 0 Å². The van der Waals surface area contributed by atoms with Crippen LogP contribution < -0.4 is 10.2 Å². The van der Waals surface area contributed by atoms with Crippen molar-refractivity contribution in [2.75, 3.05) is 24.5 Å². The molecule has 2 amide bonds. The quantitative estimate of drug-likeness (QED) is 0.712. The van der Waals surface area contributed by atoms with E-state index in [2.05, 4.69) is 35.1 Å². The van der Waals surface area contributed by atoms with Gasteiger partial charge >= 0.3 is 0 Å². The van der Waals surface area contributed by atoms with Crippen molar-refractivity contribution in [1.82, 2.24) is 15.2 Å². The third-order valence-electron chi connectivity index (χ3n) is 6.06. The van der Waals surface area contributed by atoms with Gasteiger partial charge in [0.15, 0.2) is 0 Å². The third-order valence-corrected chi connectivity index (χ3v) is 6.06. The number of aromatic nitrogens is 1. The smallest absolute Gasteiger partial charge is 0.251 e. The third kappa shape index (κ3) is 7.67. The van der Waals surface area contributed by atoms with Gasteiger partial charge < -0.3 is 10.2 Å². The molecule has 0 fully saturated rings. The van der Waals surface area contributed by atoms with Crippen LogP contribution in [0.2, 0.25) is 0 Å².